The van der Waals surface area contributed by atoms with Crippen LogP contribution in [0.2, 0.25) is 0 Å². The van der Waals surface area contributed by atoms with Gasteiger partial charge in [0.25, 0.3) is 0 Å². The van der Waals surface area contributed by atoms with Crippen LogP contribution in [0.4, 0.5) is 5.82 Å². The summed E-state index contributed by atoms with van der Waals surface area (Å²) in [6.45, 7) is 4.53. The van der Waals surface area contributed by atoms with Gasteiger partial charge >= 0.3 is 0 Å². The number of hydrogen-bond donors (Lipinski definition) is 0. The van der Waals surface area contributed by atoms with Crippen molar-refractivity contribution >= 4 is 11.7 Å². The summed E-state index contributed by atoms with van der Waals surface area (Å²) < 4.78 is 5.46. The first-order valence-corrected chi connectivity index (χ1v) is 9.78. The zero-order chi connectivity index (χ0) is 18.3. The number of morpholine rings is 1. The molecule has 0 radical (unpaired) electrons. The highest BCUT2D eigenvalue weighted by atomic mass is 16.5. The smallest absolute Gasteiger partial charge is 0.233 e. The van der Waals surface area contributed by atoms with Gasteiger partial charge in [-0.15, -0.1) is 0 Å². The van der Waals surface area contributed by atoms with Crippen LogP contribution in [0.3, 0.4) is 0 Å². The molecule has 5 rings (SSSR count). The Morgan fingerprint density at radius 3 is 2.56 bits per heavy atom. The summed E-state index contributed by atoms with van der Waals surface area (Å²) in [5, 5.41) is 0. The molecule has 1 aromatic carbocycles. The molecule has 0 N–H and O–H groups in total. The maximum atomic E-state index is 13.3. The van der Waals surface area contributed by atoms with E-state index in [4.69, 9.17) is 4.74 Å². The molecule has 6 nitrogen and oxygen atoms in total. The lowest BCUT2D eigenvalue weighted by molar-refractivity contribution is -0.135. The van der Waals surface area contributed by atoms with Crippen LogP contribution in [0.15, 0.2) is 36.7 Å². The van der Waals surface area contributed by atoms with E-state index in [0.29, 0.717) is 6.54 Å². The Morgan fingerprint density at radius 1 is 1.04 bits per heavy atom. The van der Waals surface area contributed by atoms with Crippen LogP contribution in [0.25, 0.3) is 0 Å². The number of aromatic nitrogens is 2. The van der Waals surface area contributed by atoms with Crippen LogP contribution in [0.5, 0.6) is 0 Å². The van der Waals surface area contributed by atoms with Crippen LogP contribution >= 0.6 is 0 Å². The third kappa shape index (κ3) is 2.88. The van der Waals surface area contributed by atoms with Crippen LogP contribution < -0.4 is 4.90 Å². The Bertz CT molecular complexity index is 845. The third-order valence-corrected chi connectivity index (χ3v) is 6.07. The van der Waals surface area contributed by atoms with Crippen molar-refractivity contribution in [2.24, 2.45) is 0 Å². The van der Waals surface area contributed by atoms with Gasteiger partial charge in [0.05, 0.1) is 30.9 Å². The Morgan fingerprint density at radius 2 is 1.81 bits per heavy atom. The second-order valence-corrected chi connectivity index (χ2v) is 7.65. The molecule has 140 valence electrons. The van der Waals surface area contributed by atoms with Crippen molar-refractivity contribution in [2.75, 3.05) is 37.7 Å². The van der Waals surface area contributed by atoms with E-state index in [1.165, 1.54) is 5.56 Å². The van der Waals surface area contributed by atoms with E-state index in [-0.39, 0.29) is 11.3 Å². The normalized spacial score (nSPS) is 20.9. The molecule has 1 saturated carbocycles. The van der Waals surface area contributed by atoms with Crippen molar-refractivity contribution in [3.8, 4) is 0 Å². The van der Waals surface area contributed by atoms with Crippen molar-refractivity contribution in [1.29, 1.82) is 0 Å². The van der Waals surface area contributed by atoms with Gasteiger partial charge in [-0.3, -0.25) is 4.79 Å². The largest absolute Gasteiger partial charge is 0.378 e. The SMILES string of the molecule is O=C(N1CCc2c(ncnc2N2CCOCC2)C1)C1(c2ccccc2)CC1. The molecule has 3 aliphatic rings. The van der Waals surface area contributed by atoms with Crippen LogP contribution in [-0.4, -0.2) is 53.6 Å². The number of anilines is 1. The van der Waals surface area contributed by atoms with Gasteiger partial charge in [-0.2, -0.15) is 0 Å². The second-order valence-electron chi connectivity index (χ2n) is 7.65. The van der Waals surface area contributed by atoms with E-state index in [1.807, 2.05) is 23.1 Å². The highest BCUT2D eigenvalue weighted by Crippen LogP contribution is 2.50. The molecule has 2 aliphatic heterocycles. The highest BCUT2D eigenvalue weighted by Gasteiger charge is 2.53. The van der Waals surface area contributed by atoms with Gasteiger partial charge in [0.15, 0.2) is 0 Å². The van der Waals surface area contributed by atoms with Crippen molar-refractivity contribution < 1.29 is 9.53 Å². The lowest BCUT2D eigenvalue weighted by Crippen LogP contribution is -2.44. The van der Waals surface area contributed by atoms with E-state index < -0.39 is 0 Å². The van der Waals surface area contributed by atoms with E-state index >= 15 is 0 Å². The molecule has 0 unspecified atom stereocenters. The number of carbonyl (C=O) groups is 1. The maximum absolute atomic E-state index is 13.3. The lowest BCUT2D eigenvalue weighted by atomic mass is 9.93. The Kier molecular flexibility index (Phi) is 4.08. The molecule has 1 saturated heterocycles. The van der Waals surface area contributed by atoms with Crippen LogP contribution in [-0.2, 0) is 27.9 Å². The first-order chi connectivity index (χ1) is 13.3. The molecular formula is C21H24N4O2. The fourth-order valence-electron chi connectivity index (χ4n) is 4.37. The maximum Gasteiger partial charge on any atom is 0.233 e. The predicted octanol–water partition coefficient (Wildman–Crippen LogP) is 1.93. The van der Waals surface area contributed by atoms with E-state index in [9.17, 15) is 4.79 Å². The third-order valence-electron chi connectivity index (χ3n) is 6.07. The molecule has 0 atom stereocenters. The van der Waals surface area contributed by atoms with Gasteiger partial charge < -0.3 is 14.5 Å². The van der Waals surface area contributed by atoms with Gasteiger partial charge in [-0.25, -0.2) is 9.97 Å². The number of nitrogens with zero attached hydrogens (tertiary/aromatic N) is 4. The van der Waals surface area contributed by atoms with Gasteiger partial charge in [-0.05, 0) is 24.8 Å². The fraction of sp³-hybridized carbons (Fsp3) is 0.476. The van der Waals surface area contributed by atoms with E-state index in [1.54, 1.807) is 6.33 Å². The summed E-state index contributed by atoms with van der Waals surface area (Å²) in [7, 11) is 0. The summed E-state index contributed by atoms with van der Waals surface area (Å²) in [4.78, 5) is 26.7. The number of amides is 1. The summed E-state index contributed by atoms with van der Waals surface area (Å²) in [6.07, 6.45) is 4.35. The number of hydrogen-bond acceptors (Lipinski definition) is 5. The quantitative estimate of drug-likeness (QED) is 0.833. The molecule has 0 bridgehead atoms. The average Bonchev–Trinajstić information content (AvgIpc) is 3.56. The van der Waals surface area contributed by atoms with Crippen LogP contribution in [0.1, 0.15) is 29.7 Å². The second kappa shape index (κ2) is 6.60. The minimum Gasteiger partial charge on any atom is -0.378 e. The molecule has 0 spiro atoms. The summed E-state index contributed by atoms with van der Waals surface area (Å²) >= 11 is 0. The predicted molar refractivity (Wildman–Crippen MR) is 102 cm³/mol. The van der Waals surface area contributed by atoms with Crippen molar-refractivity contribution in [3.05, 3.63) is 53.5 Å². The molecule has 1 aliphatic carbocycles. The average molecular weight is 364 g/mol. The Balaban J connectivity index is 1.38. The zero-order valence-corrected chi connectivity index (χ0v) is 15.4. The molecule has 1 amide bonds. The van der Waals surface area contributed by atoms with Gasteiger partial charge in [0.2, 0.25) is 5.91 Å². The van der Waals surface area contributed by atoms with Gasteiger partial charge in [0, 0.05) is 25.2 Å². The van der Waals surface area contributed by atoms with E-state index in [0.717, 1.165) is 69.2 Å². The minimum atomic E-state index is -0.307. The molecule has 2 aromatic rings. The van der Waals surface area contributed by atoms with Crippen molar-refractivity contribution in [3.63, 3.8) is 0 Å². The van der Waals surface area contributed by atoms with E-state index in [2.05, 4.69) is 27.0 Å². The minimum absolute atomic E-state index is 0.255. The summed E-state index contributed by atoms with van der Waals surface area (Å²) in [5.74, 6) is 1.28. The lowest BCUT2D eigenvalue weighted by Gasteiger charge is -2.35. The van der Waals surface area contributed by atoms with Gasteiger partial charge in [-0.1, -0.05) is 30.3 Å². The topological polar surface area (TPSA) is 58.6 Å². The number of benzene rings is 1. The Hall–Kier alpha value is -2.47. The number of fused-ring (bicyclic) bond motifs is 1. The number of carbonyl (C=O) groups excluding carboxylic acids is 1. The molecule has 6 heteroatoms. The molecule has 3 heterocycles. The first-order valence-electron chi connectivity index (χ1n) is 9.78. The summed E-state index contributed by atoms with van der Waals surface area (Å²) in [5.41, 5.74) is 3.04. The van der Waals surface area contributed by atoms with Gasteiger partial charge in [0.1, 0.15) is 12.1 Å². The molecular weight excluding hydrogens is 340 g/mol. The monoisotopic (exact) mass is 364 g/mol. The van der Waals surface area contributed by atoms with Crippen molar-refractivity contribution in [1.82, 2.24) is 14.9 Å². The van der Waals surface area contributed by atoms with Crippen molar-refractivity contribution in [2.45, 2.75) is 31.2 Å². The zero-order valence-electron chi connectivity index (χ0n) is 15.4. The Labute approximate surface area is 159 Å². The fourth-order valence-corrected chi connectivity index (χ4v) is 4.37. The number of rotatable bonds is 3. The molecule has 1 aromatic heterocycles. The summed E-state index contributed by atoms with van der Waals surface area (Å²) in [6, 6.07) is 10.2. The standard InChI is InChI=1S/C21H24N4O2/c26-20(21(7-8-21)16-4-2-1-3-5-16)25-9-6-17-18(14-25)22-15-23-19(17)24-10-12-27-13-11-24/h1-5,15H,6-14H2. The number of ether oxygens (including phenoxy) is 1. The highest BCUT2D eigenvalue weighted by molar-refractivity contribution is 5.91. The molecule has 27 heavy (non-hydrogen) atoms. The first kappa shape index (κ1) is 16.7. The van der Waals surface area contributed by atoms with Crippen LogP contribution in [0, 0.1) is 0 Å². The molecule has 2 fully saturated rings.